The van der Waals surface area contributed by atoms with E-state index in [1.807, 2.05) is 13.0 Å². The molecule has 0 fully saturated rings. The fourth-order valence-corrected chi connectivity index (χ4v) is 1.93. The van der Waals surface area contributed by atoms with Crippen molar-refractivity contribution in [1.82, 2.24) is 0 Å². The van der Waals surface area contributed by atoms with Crippen LogP contribution >= 0.6 is 0 Å². The highest BCUT2D eigenvalue weighted by Crippen LogP contribution is 2.16. The van der Waals surface area contributed by atoms with Crippen molar-refractivity contribution >= 4 is 5.57 Å². The van der Waals surface area contributed by atoms with E-state index in [9.17, 15) is 0 Å². The van der Waals surface area contributed by atoms with Gasteiger partial charge < -0.3 is 4.74 Å². The van der Waals surface area contributed by atoms with Crippen molar-refractivity contribution < 1.29 is 4.74 Å². The fourth-order valence-electron chi connectivity index (χ4n) is 1.93. The molecule has 0 bridgehead atoms. The first-order valence-corrected chi connectivity index (χ1v) is 7.38. The molecule has 0 atom stereocenters. The van der Waals surface area contributed by atoms with E-state index < -0.39 is 0 Å². The van der Waals surface area contributed by atoms with Crippen molar-refractivity contribution in [1.29, 1.82) is 0 Å². The maximum atomic E-state index is 5.71. The Morgan fingerprint density at radius 1 is 1.24 bits per heavy atom. The summed E-state index contributed by atoms with van der Waals surface area (Å²) in [6.45, 7) is 14.6. The van der Waals surface area contributed by atoms with E-state index in [1.54, 1.807) is 6.08 Å². The van der Waals surface area contributed by atoms with Gasteiger partial charge in [0, 0.05) is 0 Å². The molecule has 0 amide bonds. The van der Waals surface area contributed by atoms with Crippen LogP contribution in [0.3, 0.4) is 0 Å². The van der Waals surface area contributed by atoms with Gasteiger partial charge in [-0.25, -0.2) is 0 Å². The second-order valence-corrected chi connectivity index (χ2v) is 5.40. The lowest BCUT2D eigenvalue weighted by atomic mass is 10.0. The van der Waals surface area contributed by atoms with E-state index in [-0.39, 0.29) is 0 Å². The molecule has 1 heteroatoms. The molecule has 1 nitrogen and oxygen atoms in total. The van der Waals surface area contributed by atoms with Gasteiger partial charge in [-0.15, -0.1) is 6.58 Å². The summed E-state index contributed by atoms with van der Waals surface area (Å²) in [6, 6.07) is 8.48. The molecule has 1 rings (SSSR count). The molecule has 0 aliphatic rings. The summed E-state index contributed by atoms with van der Waals surface area (Å²) in [5, 5.41) is 0. The topological polar surface area (TPSA) is 9.23 Å². The summed E-state index contributed by atoms with van der Waals surface area (Å²) < 4.78 is 5.71. The van der Waals surface area contributed by atoms with Crippen LogP contribution in [0, 0.1) is 6.92 Å². The summed E-state index contributed by atoms with van der Waals surface area (Å²) in [7, 11) is 0. The standard InChI is InChI=1S/C20H26O/c1-6-20(21-14-8-9-16(2)3)13-12-18(5)19-11-7-10-17(4)15-19/h6-7,10-13,15H,1-2,8-9,14H2,3-5H3/b18-12+,20-13+. The van der Waals surface area contributed by atoms with Gasteiger partial charge in [0.15, 0.2) is 0 Å². The number of ether oxygens (including phenoxy) is 1. The number of aryl methyl sites for hydroxylation is 1. The Hall–Kier alpha value is -2.02. The monoisotopic (exact) mass is 282 g/mol. The first-order valence-electron chi connectivity index (χ1n) is 7.38. The van der Waals surface area contributed by atoms with Gasteiger partial charge in [0.25, 0.3) is 0 Å². The molecular weight excluding hydrogens is 256 g/mol. The van der Waals surface area contributed by atoms with Crippen LogP contribution in [0.5, 0.6) is 0 Å². The molecule has 0 saturated carbocycles. The summed E-state index contributed by atoms with van der Waals surface area (Å²) in [5.74, 6) is 0.809. The highest BCUT2D eigenvalue weighted by atomic mass is 16.5. The molecule has 1 aromatic carbocycles. The molecule has 1 aromatic rings. The molecular formula is C20H26O. The zero-order valence-electron chi connectivity index (χ0n) is 13.5. The zero-order valence-corrected chi connectivity index (χ0v) is 13.5. The first kappa shape index (κ1) is 17.0. The molecule has 0 aromatic heterocycles. The minimum atomic E-state index is 0.696. The number of allylic oxidation sites excluding steroid dienone is 5. The predicted octanol–water partition coefficient (Wildman–Crippen LogP) is 5.84. The number of rotatable bonds is 8. The molecule has 112 valence electrons. The van der Waals surface area contributed by atoms with E-state index in [1.165, 1.54) is 22.3 Å². The van der Waals surface area contributed by atoms with Crippen LogP contribution < -0.4 is 0 Å². The smallest absolute Gasteiger partial charge is 0.118 e. The van der Waals surface area contributed by atoms with Crippen molar-refractivity contribution in [3.05, 3.63) is 78.1 Å². The van der Waals surface area contributed by atoms with Crippen molar-refractivity contribution in [3.63, 3.8) is 0 Å². The van der Waals surface area contributed by atoms with Gasteiger partial charge in [-0.2, -0.15) is 0 Å². The first-order chi connectivity index (χ1) is 10.0. The van der Waals surface area contributed by atoms with E-state index in [0.717, 1.165) is 18.6 Å². The third-order valence-corrected chi connectivity index (χ3v) is 3.19. The molecule has 0 unspecified atom stereocenters. The zero-order chi connectivity index (χ0) is 15.7. The SMILES string of the molecule is C=C/C(=C\C=C(/C)c1cccc(C)c1)OCCCC(=C)C. The molecule has 0 spiro atoms. The number of benzene rings is 1. The molecule has 0 saturated heterocycles. The van der Waals surface area contributed by atoms with E-state index in [4.69, 9.17) is 4.74 Å². The molecule has 0 aliphatic carbocycles. The highest BCUT2D eigenvalue weighted by Gasteiger charge is 1.96. The Bertz CT molecular complexity index is 547. The molecule has 0 N–H and O–H groups in total. The summed E-state index contributed by atoms with van der Waals surface area (Å²) in [5.41, 5.74) is 4.91. The molecule has 0 aliphatic heterocycles. The van der Waals surface area contributed by atoms with Crippen molar-refractivity contribution in [2.24, 2.45) is 0 Å². The quantitative estimate of drug-likeness (QED) is 0.252. The van der Waals surface area contributed by atoms with Crippen molar-refractivity contribution in [2.75, 3.05) is 6.61 Å². The van der Waals surface area contributed by atoms with E-state index in [0.29, 0.717) is 6.61 Å². The van der Waals surface area contributed by atoms with Gasteiger partial charge in [0.1, 0.15) is 5.76 Å². The largest absolute Gasteiger partial charge is 0.494 e. The van der Waals surface area contributed by atoms with Gasteiger partial charge in [0.2, 0.25) is 0 Å². The van der Waals surface area contributed by atoms with Crippen LogP contribution in [0.15, 0.2) is 67.0 Å². The van der Waals surface area contributed by atoms with E-state index >= 15 is 0 Å². The maximum Gasteiger partial charge on any atom is 0.118 e. The molecule has 0 heterocycles. The maximum absolute atomic E-state index is 5.71. The van der Waals surface area contributed by atoms with Gasteiger partial charge in [0.05, 0.1) is 6.61 Å². The van der Waals surface area contributed by atoms with Crippen LogP contribution in [0.2, 0.25) is 0 Å². The number of hydrogen-bond donors (Lipinski definition) is 0. The van der Waals surface area contributed by atoms with Crippen molar-refractivity contribution in [3.8, 4) is 0 Å². The van der Waals surface area contributed by atoms with Crippen LogP contribution in [0.1, 0.15) is 37.8 Å². The summed E-state index contributed by atoms with van der Waals surface area (Å²) in [4.78, 5) is 0. The third-order valence-electron chi connectivity index (χ3n) is 3.19. The van der Waals surface area contributed by atoms with Crippen LogP contribution in [0.4, 0.5) is 0 Å². The van der Waals surface area contributed by atoms with Gasteiger partial charge in [-0.05, 0) is 56.9 Å². The average molecular weight is 282 g/mol. The van der Waals surface area contributed by atoms with Gasteiger partial charge in [-0.3, -0.25) is 0 Å². The Labute approximate surface area is 129 Å². The van der Waals surface area contributed by atoms with E-state index in [2.05, 4.69) is 57.3 Å². The molecule has 0 radical (unpaired) electrons. The average Bonchev–Trinajstić information content (AvgIpc) is 2.46. The second kappa shape index (κ2) is 9.02. The Morgan fingerprint density at radius 2 is 2.00 bits per heavy atom. The molecule has 21 heavy (non-hydrogen) atoms. The van der Waals surface area contributed by atoms with Crippen molar-refractivity contribution in [2.45, 2.75) is 33.6 Å². The Kier molecular flexibility index (Phi) is 7.31. The summed E-state index contributed by atoms with van der Waals surface area (Å²) >= 11 is 0. The minimum Gasteiger partial charge on any atom is -0.494 e. The van der Waals surface area contributed by atoms with Gasteiger partial charge >= 0.3 is 0 Å². The van der Waals surface area contributed by atoms with Crippen LogP contribution in [-0.4, -0.2) is 6.61 Å². The van der Waals surface area contributed by atoms with Crippen LogP contribution in [0.25, 0.3) is 5.57 Å². The normalized spacial score (nSPS) is 12.1. The lowest BCUT2D eigenvalue weighted by Crippen LogP contribution is -1.93. The van der Waals surface area contributed by atoms with Gasteiger partial charge in [-0.1, -0.05) is 48.1 Å². The lowest BCUT2D eigenvalue weighted by Gasteiger charge is -2.06. The second-order valence-electron chi connectivity index (χ2n) is 5.40. The fraction of sp³-hybridized carbons (Fsp3) is 0.300. The predicted molar refractivity (Wildman–Crippen MR) is 93.1 cm³/mol. The highest BCUT2D eigenvalue weighted by molar-refractivity contribution is 5.65. The lowest BCUT2D eigenvalue weighted by molar-refractivity contribution is 0.220. The third kappa shape index (κ3) is 6.80. The van der Waals surface area contributed by atoms with Crippen LogP contribution in [-0.2, 0) is 4.74 Å². The number of hydrogen-bond acceptors (Lipinski definition) is 1. The summed E-state index contributed by atoms with van der Waals surface area (Å²) in [6.07, 6.45) is 7.79. The Morgan fingerprint density at radius 3 is 2.62 bits per heavy atom. The Balaban J connectivity index is 2.63. The minimum absolute atomic E-state index is 0.696.